The standard InChI is InChI=1S/C29H30ClF3N2O2/c1-18-2-5-20(25(30)12-18)13-19-3-6-23(7-4-19)37-24-8-10-35(11-9-24)29(36)16-22(34)14-21-15-27(32)28(33)17-26(21)31/h2-7,12,15,17,22,24H,8-11,13-14,16,34H2,1H3. The Labute approximate surface area is 220 Å². The van der Waals surface area contributed by atoms with Crippen LogP contribution in [0, 0.1) is 24.4 Å². The minimum atomic E-state index is -1.25. The molecule has 37 heavy (non-hydrogen) atoms. The van der Waals surface area contributed by atoms with Crippen LogP contribution in [0.25, 0.3) is 0 Å². The number of hydrogen-bond donors (Lipinski definition) is 1. The van der Waals surface area contributed by atoms with Crippen LogP contribution in [0.3, 0.4) is 0 Å². The number of nitrogens with zero attached hydrogens (tertiary/aromatic N) is 1. The van der Waals surface area contributed by atoms with Gasteiger partial charge in [0.25, 0.3) is 0 Å². The average Bonchev–Trinajstić information content (AvgIpc) is 2.86. The molecule has 2 N–H and O–H groups in total. The maximum absolute atomic E-state index is 13.9. The number of likely N-dealkylation sites (tertiary alicyclic amines) is 1. The van der Waals surface area contributed by atoms with Crippen molar-refractivity contribution in [2.24, 2.45) is 5.73 Å². The fourth-order valence-corrected chi connectivity index (χ4v) is 4.85. The lowest BCUT2D eigenvalue weighted by Gasteiger charge is -2.33. The summed E-state index contributed by atoms with van der Waals surface area (Å²) in [5, 5.41) is 0.763. The van der Waals surface area contributed by atoms with Crippen LogP contribution in [0.15, 0.2) is 54.6 Å². The first-order valence-corrected chi connectivity index (χ1v) is 12.7. The van der Waals surface area contributed by atoms with E-state index in [-0.39, 0.29) is 30.4 Å². The smallest absolute Gasteiger partial charge is 0.224 e. The third-order valence-electron chi connectivity index (χ3n) is 6.63. The molecule has 8 heteroatoms. The van der Waals surface area contributed by atoms with E-state index in [9.17, 15) is 18.0 Å². The largest absolute Gasteiger partial charge is 0.490 e. The van der Waals surface area contributed by atoms with Gasteiger partial charge in [-0.3, -0.25) is 4.79 Å². The van der Waals surface area contributed by atoms with Gasteiger partial charge in [-0.25, -0.2) is 13.2 Å². The lowest BCUT2D eigenvalue weighted by molar-refractivity contribution is -0.133. The molecule has 0 spiro atoms. The van der Waals surface area contributed by atoms with Gasteiger partial charge < -0.3 is 15.4 Å². The van der Waals surface area contributed by atoms with E-state index in [4.69, 9.17) is 22.1 Å². The van der Waals surface area contributed by atoms with E-state index in [2.05, 4.69) is 6.07 Å². The van der Waals surface area contributed by atoms with Crippen molar-refractivity contribution in [3.63, 3.8) is 0 Å². The van der Waals surface area contributed by atoms with E-state index >= 15 is 0 Å². The van der Waals surface area contributed by atoms with Crippen molar-refractivity contribution in [2.75, 3.05) is 13.1 Å². The van der Waals surface area contributed by atoms with Crippen molar-refractivity contribution in [1.29, 1.82) is 0 Å². The Balaban J connectivity index is 1.23. The molecule has 3 aromatic rings. The Morgan fingerprint density at radius 3 is 2.35 bits per heavy atom. The fourth-order valence-electron chi connectivity index (χ4n) is 4.55. The number of carbonyl (C=O) groups is 1. The minimum Gasteiger partial charge on any atom is -0.490 e. The predicted octanol–water partition coefficient (Wildman–Crippen LogP) is 5.99. The number of nitrogens with two attached hydrogens (primary N) is 1. The molecule has 0 bridgehead atoms. The van der Waals surface area contributed by atoms with Crippen molar-refractivity contribution >= 4 is 17.5 Å². The van der Waals surface area contributed by atoms with Gasteiger partial charge in [-0.05, 0) is 66.3 Å². The molecule has 0 saturated carbocycles. The Kier molecular flexibility index (Phi) is 8.77. The lowest BCUT2D eigenvalue weighted by Crippen LogP contribution is -2.43. The zero-order valence-electron chi connectivity index (χ0n) is 20.7. The van der Waals surface area contributed by atoms with Crippen LogP contribution in [-0.2, 0) is 17.6 Å². The second-order valence-electron chi connectivity index (χ2n) is 9.64. The van der Waals surface area contributed by atoms with Crippen LogP contribution >= 0.6 is 11.6 Å². The lowest BCUT2D eigenvalue weighted by atomic mass is 10.0. The molecule has 3 aromatic carbocycles. The maximum atomic E-state index is 13.9. The molecule has 0 aromatic heterocycles. The number of halogens is 4. The monoisotopic (exact) mass is 530 g/mol. The van der Waals surface area contributed by atoms with Crippen molar-refractivity contribution in [2.45, 2.75) is 51.2 Å². The first-order chi connectivity index (χ1) is 17.7. The zero-order valence-corrected chi connectivity index (χ0v) is 21.4. The summed E-state index contributed by atoms with van der Waals surface area (Å²) in [7, 11) is 0. The second kappa shape index (κ2) is 12.0. The first-order valence-electron chi connectivity index (χ1n) is 12.4. The molecule has 4 nitrogen and oxygen atoms in total. The number of carbonyl (C=O) groups excluding carboxylic acids is 1. The van der Waals surface area contributed by atoms with Crippen LogP contribution in [0.4, 0.5) is 13.2 Å². The van der Waals surface area contributed by atoms with Crippen molar-refractivity contribution in [1.82, 2.24) is 4.90 Å². The SMILES string of the molecule is Cc1ccc(Cc2ccc(OC3CCN(C(=O)CC(N)Cc4cc(F)c(F)cc4F)CC3)cc2)c(Cl)c1. The molecule has 1 atom stereocenters. The molecule has 1 amide bonds. The molecule has 1 aliphatic rings. The number of benzene rings is 3. The highest BCUT2D eigenvalue weighted by Crippen LogP contribution is 2.24. The van der Waals surface area contributed by atoms with E-state index in [1.165, 1.54) is 0 Å². The van der Waals surface area contributed by atoms with E-state index in [1.807, 2.05) is 43.3 Å². The minimum absolute atomic E-state index is 0.00355. The molecule has 1 heterocycles. The van der Waals surface area contributed by atoms with Gasteiger partial charge in [-0.2, -0.15) is 0 Å². The summed E-state index contributed by atoms with van der Waals surface area (Å²) in [5.74, 6) is -2.62. The summed E-state index contributed by atoms with van der Waals surface area (Å²) in [6.45, 7) is 3.07. The molecule has 1 saturated heterocycles. The molecule has 4 rings (SSSR count). The number of hydrogen-bond acceptors (Lipinski definition) is 3. The summed E-state index contributed by atoms with van der Waals surface area (Å²) in [5.41, 5.74) is 9.31. The van der Waals surface area contributed by atoms with Gasteiger partial charge >= 0.3 is 0 Å². The van der Waals surface area contributed by atoms with E-state index in [0.29, 0.717) is 32.0 Å². The highest BCUT2D eigenvalue weighted by atomic mass is 35.5. The quantitative estimate of drug-likeness (QED) is 0.364. The van der Waals surface area contributed by atoms with Gasteiger partial charge in [0, 0.05) is 49.5 Å². The van der Waals surface area contributed by atoms with Crippen molar-refractivity contribution in [3.8, 4) is 5.75 Å². The van der Waals surface area contributed by atoms with E-state index in [1.54, 1.807) is 4.90 Å². The summed E-state index contributed by atoms with van der Waals surface area (Å²) in [6, 6.07) is 14.6. The van der Waals surface area contributed by atoms with E-state index in [0.717, 1.165) is 39.9 Å². The van der Waals surface area contributed by atoms with Gasteiger partial charge in [0.15, 0.2) is 11.6 Å². The topological polar surface area (TPSA) is 55.6 Å². The van der Waals surface area contributed by atoms with Gasteiger partial charge in [-0.1, -0.05) is 35.9 Å². The summed E-state index contributed by atoms with van der Waals surface area (Å²) in [4.78, 5) is 14.4. The number of aryl methyl sites for hydroxylation is 1. The maximum Gasteiger partial charge on any atom is 0.224 e. The second-order valence-corrected chi connectivity index (χ2v) is 10.0. The molecular weight excluding hydrogens is 501 g/mol. The normalized spacial score (nSPS) is 15.0. The van der Waals surface area contributed by atoms with Crippen LogP contribution in [0.5, 0.6) is 5.75 Å². The molecule has 196 valence electrons. The predicted molar refractivity (Wildman–Crippen MR) is 138 cm³/mol. The van der Waals surface area contributed by atoms with Gasteiger partial charge in [0.1, 0.15) is 17.7 Å². The molecule has 0 aliphatic carbocycles. The Morgan fingerprint density at radius 1 is 1.00 bits per heavy atom. The van der Waals surface area contributed by atoms with Crippen molar-refractivity contribution in [3.05, 3.63) is 99.3 Å². The van der Waals surface area contributed by atoms with Crippen LogP contribution in [0.1, 0.15) is 41.5 Å². The number of ether oxygens (including phenoxy) is 1. The highest BCUT2D eigenvalue weighted by molar-refractivity contribution is 6.31. The van der Waals surface area contributed by atoms with E-state index < -0.39 is 23.5 Å². The average molecular weight is 531 g/mol. The Bertz CT molecular complexity index is 1240. The van der Waals surface area contributed by atoms with Gasteiger partial charge in [0.05, 0.1) is 0 Å². The van der Waals surface area contributed by atoms with Crippen LogP contribution in [-0.4, -0.2) is 36.0 Å². The third-order valence-corrected chi connectivity index (χ3v) is 6.98. The Hall–Kier alpha value is -3.03. The Morgan fingerprint density at radius 2 is 1.68 bits per heavy atom. The van der Waals surface area contributed by atoms with Crippen LogP contribution < -0.4 is 10.5 Å². The van der Waals surface area contributed by atoms with Gasteiger partial charge in [-0.15, -0.1) is 0 Å². The zero-order chi connectivity index (χ0) is 26.5. The van der Waals surface area contributed by atoms with Gasteiger partial charge in [0.2, 0.25) is 5.91 Å². The fraction of sp³-hybridized carbons (Fsp3) is 0.345. The van der Waals surface area contributed by atoms with Crippen molar-refractivity contribution < 1.29 is 22.7 Å². The first kappa shape index (κ1) is 27.0. The molecular formula is C29H30ClF3N2O2. The third kappa shape index (κ3) is 7.27. The number of amides is 1. The molecule has 0 radical (unpaired) electrons. The molecule has 1 aliphatic heterocycles. The molecule has 1 unspecified atom stereocenters. The van der Waals surface area contributed by atoms with Crippen LogP contribution in [0.2, 0.25) is 5.02 Å². The summed E-state index contributed by atoms with van der Waals surface area (Å²) in [6.07, 6.45) is 2.03. The summed E-state index contributed by atoms with van der Waals surface area (Å²) >= 11 is 6.35. The number of rotatable bonds is 8. The number of piperidine rings is 1. The molecule has 1 fully saturated rings. The highest BCUT2D eigenvalue weighted by Gasteiger charge is 2.25. The summed E-state index contributed by atoms with van der Waals surface area (Å²) < 4.78 is 46.5.